The highest BCUT2D eigenvalue weighted by Crippen LogP contribution is 2.30. The van der Waals surface area contributed by atoms with Gasteiger partial charge in [0.1, 0.15) is 28.5 Å². The number of fused-ring (bicyclic) bond motifs is 1. The summed E-state index contributed by atoms with van der Waals surface area (Å²) < 4.78 is 23.6. The number of oxazole rings is 1. The van der Waals surface area contributed by atoms with Gasteiger partial charge in [0, 0.05) is 29.5 Å². The maximum Gasteiger partial charge on any atom is 0.343 e. The largest absolute Gasteiger partial charge is 0.507 e. The second-order valence-electron chi connectivity index (χ2n) is 17.1. The first-order chi connectivity index (χ1) is 31.0. The molecule has 0 fully saturated rings. The third-order valence-electron chi connectivity index (χ3n) is 11.7. The van der Waals surface area contributed by atoms with Gasteiger partial charge in [-0.05, 0) is 85.6 Å². The van der Waals surface area contributed by atoms with E-state index < -0.39 is 5.97 Å². The molecule has 0 spiro atoms. The quantitative estimate of drug-likeness (QED) is 0.0194. The van der Waals surface area contributed by atoms with Crippen LogP contribution < -0.4 is 14.2 Å². The number of phenolic OH excluding ortho intramolecular Hbond substituents is 1. The fraction of sp³-hybridized carbons (Fsp3) is 0.509. The Bertz CT molecular complexity index is 2040. The molecular formula is C55H74N2O6. The van der Waals surface area contributed by atoms with E-state index in [-0.39, 0.29) is 11.5 Å². The number of carbonyl (C=O) groups is 1. The van der Waals surface area contributed by atoms with E-state index in [2.05, 4.69) is 23.8 Å². The molecule has 0 bridgehead atoms. The maximum atomic E-state index is 12.8. The molecule has 0 aliphatic carbocycles. The first-order valence-electron chi connectivity index (χ1n) is 24.5. The lowest BCUT2D eigenvalue weighted by Gasteiger charge is -2.08. The first-order valence-corrected chi connectivity index (χ1v) is 24.5. The van der Waals surface area contributed by atoms with Crippen molar-refractivity contribution in [2.75, 3.05) is 13.2 Å². The number of unbranched alkanes of at least 4 members (excludes halogenated alkanes) is 22. The normalized spacial score (nSPS) is 11.5. The number of nitrogens with zero attached hydrogens (tertiary/aromatic N) is 2. The Kier molecular flexibility index (Phi) is 22.7. The fourth-order valence-corrected chi connectivity index (χ4v) is 7.77. The number of rotatable bonds is 33. The summed E-state index contributed by atoms with van der Waals surface area (Å²) in [6.07, 6.45) is 33.1. The van der Waals surface area contributed by atoms with Gasteiger partial charge in [0.15, 0.2) is 5.58 Å². The predicted octanol–water partition coefficient (Wildman–Crippen LogP) is 16.3. The van der Waals surface area contributed by atoms with Crippen molar-refractivity contribution in [1.29, 1.82) is 0 Å². The molecule has 8 heteroatoms. The third kappa shape index (κ3) is 18.6. The number of benzene rings is 4. The summed E-state index contributed by atoms with van der Waals surface area (Å²) in [5.41, 5.74) is 3.88. The average Bonchev–Trinajstić information content (AvgIpc) is 3.73. The molecule has 0 unspecified atom stereocenters. The minimum absolute atomic E-state index is 0.0499. The Morgan fingerprint density at radius 3 is 1.60 bits per heavy atom. The second-order valence-corrected chi connectivity index (χ2v) is 17.1. The number of esters is 1. The van der Waals surface area contributed by atoms with Crippen molar-refractivity contribution in [3.8, 4) is 34.5 Å². The minimum Gasteiger partial charge on any atom is -0.507 e. The van der Waals surface area contributed by atoms with Crippen LogP contribution in [0.1, 0.15) is 184 Å². The minimum atomic E-state index is -0.513. The molecule has 0 aliphatic rings. The number of phenols is 1. The number of carbonyl (C=O) groups excluding carboxylic acids is 1. The number of hydrogen-bond acceptors (Lipinski definition) is 8. The van der Waals surface area contributed by atoms with Crippen molar-refractivity contribution >= 4 is 29.0 Å². The van der Waals surface area contributed by atoms with Crippen molar-refractivity contribution in [3.05, 3.63) is 96.1 Å². The van der Waals surface area contributed by atoms with Crippen molar-refractivity contribution in [1.82, 2.24) is 4.98 Å². The molecule has 0 atom stereocenters. The summed E-state index contributed by atoms with van der Waals surface area (Å²) in [5.74, 6) is 1.73. The number of ether oxygens (including phenoxy) is 3. The molecule has 0 radical (unpaired) electrons. The van der Waals surface area contributed by atoms with E-state index in [0.29, 0.717) is 41.5 Å². The zero-order chi connectivity index (χ0) is 44.2. The molecule has 8 nitrogen and oxygen atoms in total. The molecule has 1 heterocycles. The zero-order valence-electron chi connectivity index (χ0n) is 38.4. The zero-order valence-corrected chi connectivity index (χ0v) is 38.4. The molecule has 5 rings (SSSR count). The predicted molar refractivity (Wildman–Crippen MR) is 259 cm³/mol. The highest BCUT2D eigenvalue weighted by Gasteiger charge is 2.12. The maximum absolute atomic E-state index is 12.8. The van der Waals surface area contributed by atoms with Gasteiger partial charge in [-0.15, -0.1) is 0 Å². The van der Waals surface area contributed by atoms with Crippen LogP contribution in [-0.2, 0) is 0 Å². The molecule has 340 valence electrons. The molecule has 1 N–H and O–H groups in total. The smallest absolute Gasteiger partial charge is 0.343 e. The van der Waals surface area contributed by atoms with Crippen LogP contribution in [0, 0.1) is 0 Å². The number of aromatic nitrogens is 1. The molecule has 0 saturated carbocycles. The van der Waals surface area contributed by atoms with Crippen LogP contribution >= 0.6 is 0 Å². The van der Waals surface area contributed by atoms with Crippen LogP contribution in [0.4, 0.5) is 5.69 Å². The van der Waals surface area contributed by atoms with Gasteiger partial charge >= 0.3 is 5.97 Å². The van der Waals surface area contributed by atoms with Crippen LogP contribution in [0.5, 0.6) is 23.0 Å². The lowest BCUT2D eigenvalue weighted by Crippen LogP contribution is -2.08. The van der Waals surface area contributed by atoms with Crippen LogP contribution in [0.15, 0.2) is 94.3 Å². The number of aromatic hydroxyl groups is 1. The van der Waals surface area contributed by atoms with Crippen LogP contribution in [0.2, 0.25) is 0 Å². The van der Waals surface area contributed by atoms with E-state index in [1.807, 2.05) is 42.5 Å². The highest BCUT2D eigenvalue weighted by molar-refractivity contribution is 5.91. The summed E-state index contributed by atoms with van der Waals surface area (Å²) >= 11 is 0. The van der Waals surface area contributed by atoms with Gasteiger partial charge in [0.25, 0.3) is 0 Å². The monoisotopic (exact) mass is 859 g/mol. The molecule has 0 amide bonds. The number of hydrogen-bond donors (Lipinski definition) is 1. The molecule has 5 aromatic rings. The van der Waals surface area contributed by atoms with E-state index in [9.17, 15) is 9.90 Å². The van der Waals surface area contributed by atoms with Crippen molar-refractivity contribution in [2.24, 2.45) is 4.99 Å². The van der Waals surface area contributed by atoms with Crippen molar-refractivity contribution < 1.29 is 28.5 Å². The van der Waals surface area contributed by atoms with Gasteiger partial charge in [-0.3, -0.25) is 4.99 Å². The number of aliphatic imine (C=N–C) groups is 1. The van der Waals surface area contributed by atoms with Gasteiger partial charge < -0.3 is 23.7 Å². The molecule has 0 saturated heterocycles. The van der Waals surface area contributed by atoms with E-state index in [4.69, 9.17) is 18.6 Å². The lowest BCUT2D eigenvalue weighted by molar-refractivity contribution is 0.0734. The lowest BCUT2D eigenvalue weighted by atomic mass is 10.1. The average molecular weight is 859 g/mol. The summed E-state index contributed by atoms with van der Waals surface area (Å²) in [4.78, 5) is 22.1. The molecule has 4 aromatic carbocycles. The van der Waals surface area contributed by atoms with Gasteiger partial charge in [-0.25, -0.2) is 9.78 Å². The third-order valence-corrected chi connectivity index (χ3v) is 11.7. The van der Waals surface area contributed by atoms with E-state index in [1.54, 1.807) is 42.6 Å². The summed E-state index contributed by atoms with van der Waals surface area (Å²) in [6, 6.07) is 25.0. The Morgan fingerprint density at radius 2 is 1.06 bits per heavy atom. The van der Waals surface area contributed by atoms with Crippen LogP contribution in [0.25, 0.3) is 22.6 Å². The van der Waals surface area contributed by atoms with Crippen molar-refractivity contribution in [3.63, 3.8) is 0 Å². The first kappa shape index (κ1) is 48.9. The Labute approximate surface area is 377 Å². The van der Waals surface area contributed by atoms with E-state index in [1.165, 1.54) is 147 Å². The van der Waals surface area contributed by atoms with Gasteiger partial charge in [0.05, 0.1) is 24.5 Å². The second kappa shape index (κ2) is 29.3. The molecule has 0 aliphatic heterocycles. The van der Waals surface area contributed by atoms with E-state index in [0.717, 1.165) is 35.4 Å². The van der Waals surface area contributed by atoms with E-state index >= 15 is 0 Å². The Hall–Kier alpha value is -5.11. The van der Waals surface area contributed by atoms with Gasteiger partial charge in [0.2, 0.25) is 5.89 Å². The molecule has 1 aromatic heterocycles. The standard InChI is InChI=1S/C55H74N2O6/c1-3-5-7-9-11-13-15-17-19-21-23-25-39-60-48-34-29-45(30-35-48)55(59)62-50-36-31-46(52(58)41-50)43-56-47-32-27-44(28-33-47)54-57-51-38-37-49(42-53(51)63-54)61-40-26-24-22-20-18-16-14-12-10-8-6-4-2/h27-38,41-43,58H,3-26,39-40H2,1-2H3. The summed E-state index contributed by atoms with van der Waals surface area (Å²) in [7, 11) is 0. The Morgan fingerprint density at radius 1 is 0.571 bits per heavy atom. The summed E-state index contributed by atoms with van der Waals surface area (Å²) in [5, 5.41) is 10.7. The fourth-order valence-electron chi connectivity index (χ4n) is 7.77. The molecule has 63 heavy (non-hydrogen) atoms. The van der Waals surface area contributed by atoms with Gasteiger partial charge in [-0.1, -0.05) is 155 Å². The SMILES string of the molecule is CCCCCCCCCCCCCCOc1ccc(C(=O)Oc2ccc(C=Nc3ccc(-c4nc5ccc(OCCCCCCCCCCCCCC)cc5o4)cc3)c(O)c2)cc1. The van der Waals surface area contributed by atoms with Crippen molar-refractivity contribution in [2.45, 2.75) is 168 Å². The Balaban J connectivity index is 0.970. The van der Waals surface area contributed by atoms with Gasteiger partial charge in [-0.2, -0.15) is 0 Å². The topological polar surface area (TPSA) is 103 Å². The molecular weight excluding hydrogens is 785 g/mol. The summed E-state index contributed by atoms with van der Waals surface area (Å²) in [6.45, 7) is 5.90. The van der Waals surface area contributed by atoms with Crippen LogP contribution in [0.3, 0.4) is 0 Å². The highest BCUT2D eigenvalue weighted by atomic mass is 16.5. The van der Waals surface area contributed by atoms with Crippen LogP contribution in [-0.4, -0.2) is 35.5 Å².